The van der Waals surface area contributed by atoms with Gasteiger partial charge in [-0.25, -0.2) is 8.42 Å². The first kappa shape index (κ1) is 25.0. The van der Waals surface area contributed by atoms with Gasteiger partial charge in [-0.1, -0.05) is 18.2 Å². The van der Waals surface area contributed by atoms with Crippen LogP contribution >= 0.6 is 0 Å². The highest BCUT2D eigenvalue weighted by Gasteiger charge is 2.78. The molecular formula is C22H16F7NO4S. The molecule has 0 unspecified atom stereocenters. The van der Waals surface area contributed by atoms with Crippen molar-refractivity contribution in [2.75, 3.05) is 0 Å². The van der Waals surface area contributed by atoms with Gasteiger partial charge in [-0.05, 0) is 49.8 Å². The maximum atomic E-state index is 14.2. The molecule has 0 bridgehead atoms. The first-order valence-corrected chi connectivity index (χ1v) is 11.4. The highest BCUT2D eigenvalue weighted by molar-refractivity contribution is 7.92. The van der Waals surface area contributed by atoms with E-state index < -0.39 is 43.6 Å². The average Bonchev–Trinajstić information content (AvgIpc) is 3.07. The number of carbonyl (C=O) groups is 1. The molecule has 13 heteroatoms. The van der Waals surface area contributed by atoms with Crippen molar-refractivity contribution in [1.82, 2.24) is 4.90 Å². The Morgan fingerprint density at radius 1 is 0.943 bits per heavy atom. The largest absolute Gasteiger partial charge is 0.483 e. The molecule has 0 fully saturated rings. The van der Waals surface area contributed by atoms with E-state index in [-0.39, 0.29) is 23.6 Å². The maximum absolute atomic E-state index is 14.2. The number of alkyl halides is 7. The summed E-state index contributed by atoms with van der Waals surface area (Å²) in [6, 6.07) is 8.33. The van der Waals surface area contributed by atoms with Crippen LogP contribution in [0.4, 0.5) is 30.7 Å². The van der Waals surface area contributed by atoms with Gasteiger partial charge in [-0.2, -0.15) is 30.7 Å². The Balaban J connectivity index is 1.84. The molecule has 2 aromatic rings. The van der Waals surface area contributed by atoms with E-state index in [4.69, 9.17) is 4.74 Å². The number of nitrogens with zero attached hydrogens (tertiary/aromatic N) is 1. The van der Waals surface area contributed by atoms with Crippen LogP contribution in [-0.4, -0.2) is 42.2 Å². The third kappa shape index (κ3) is 3.67. The molecule has 0 atom stereocenters. The molecule has 0 aromatic heterocycles. The van der Waals surface area contributed by atoms with E-state index in [1.54, 1.807) is 38.1 Å². The molecule has 4 rings (SSSR count). The SMILES string of the molecule is CC1(C)C=C(N2Cc3ccccc3C2=O)c2cc(S(=O)(=O)C(F)(F)C(F)(F)C(F)(F)F)ccc2O1. The second kappa shape index (κ2) is 7.45. The van der Waals surface area contributed by atoms with Crippen molar-refractivity contribution in [3.05, 3.63) is 65.2 Å². The zero-order valence-electron chi connectivity index (χ0n) is 18.0. The Morgan fingerprint density at radius 3 is 2.17 bits per heavy atom. The fraction of sp³-hybridized carbons (Fsp3) is 0.318. The third-order valence-corrected chi connectivity index (χ3v) is 7.37. The Labute approximate surface area is 194 Å². The topological polar surface area (TPSA) is 63.7 Å². The number of halogens is 7. The summed E-state index contributed by atoms with van der Waals surface area (Å²) in [5, 5.41) is -6.51. The summed E-state index contributed by atoms with van der Waals surface area (Å²) >= 11 is 0. The Kier molecular flexibility index (Phi) is 5.33. The lowest BCUT2D eigenvalue weighted by Crippen LogP contribution is -2.55. The normalized spacial score (nSPS) is 18.0. The number of rotatable bonds is 4. The van der Waals surface area contributed by atoms with Crippen LogP contribution in [0, 0.1) is 0 Å². The van der Waals surface area contributed by atoms with Crippen LogP contribution in [0.3, 0.4) is 0 Å². The van der Waals surface area contributed by atoms with E-state index in [9.17, 15) is 43.9 Å². The number of sulfone groups is 1. The smallest absolute Gasteiger partial charge is 0.461 e. The van der Waals surface area contributed by atoms with Gasteiger partial charge in [0.05, 0.1) is 17.1 Å². The second-order valence-corrected chi connectivity index (χ2v) is 10.5. The molecule has 35 heavy (non-hydrogen) atoms. The van der Waals surface area contributed by atoms with E-state index in [1.807, 2.05) is 0 Å². The van der Waals surface area contributed by atoms with Gasteiger partial charge in [0.15, 0.2) is 0 Å². The lowest BCUT2D eigenvalue weighted by Gasteiger charge is -2.34. The summed E-state index contributed by atoms with van der Waals surface area (Å²) < 4.78 is 124. The van der Waals surface area contributed by atoms with E-state index in [2.05, 4.69) is 0 Å². The summed E-state index contributed by atoms with van der Waals surface area (Å²) in [5.41, 5.74) is -0.327. The van der Waals surface area contributed by atoms with E-state index in [1.165, 1.54) is 11.0 Å². The molecular weight excluding hydrogens is 507 g/mol. The predicted octanol–water partition coefficient (Wildman–Crippen LogP) is 5.42. The van der Waals surface area contributed by atoms with Gasteiger partial charge in [0.1, 0.15) is 11.4 Å². The van der Waals surface area contributed by atoms with Crippen molar-refractivity contribution in [2.24, 2.45) is 0 Å². The number of fused-ring (bicyclic) bond motifs is 2. The van der Waals surface area contributed by atoms with Crippen LogP contribution in [0.15, 0.2) is 53.4 Å². The molecule has 0 saturated carbocycles. The van der Waals surface area contributed by atoms with Crippen LogP contribution in [0.2, 0.25) is 0 Å². The molecule has 0 aliphatic carbocycles. The van der Waals surface area contributed by atoms with Crippen molar-refractivity contribution in [2.45, 2.75) is 48.2 Å². The van der Waals surface area contributed by atoms with Gasteiger partial charge >= 0.3 is 17.4 Å². The molecule has 2 heterocycles. The van der Waals surface area contributed by atoms with Gasteiger partial charge in [-0.15, -0.1) is 0 Å². The Hall–Kier alpha value is -3.09. The molecule has 2 aliphatic heterocycles. The summed E-state index contributed by atoms with van der Waals surface area (Å²) in [6.07, 6.45) is -5.43. The molecule has 0 N–H and O–H groups in total. The van der Waals surface area contributed by atoms with Crippen molar-refractivity contribution in [3.8, 4) is 5.75 Å². The first-order valence-electron chi connectivity index (χ1n) is 9.94. The van der Waals surface area contributed by atoms with Crippen molar-refractivity contribution >= 4 is 21.4 Å². The molecule has 0 radical (unpaired) electrons. The Morgan fingerprint density at radius 2 is 1.57 bits per heavy atom. The maximum Gasteiger partial charge on any atom is 0.461 e. The predicted molar refractivity (Wildman–Crippen MR) is 109 cm³/mol. The van der Waals surface area contributed by atoms with Crippen molar-refractivity contribution in [1.29, 1.82) is 0 Å². The van der Waals surface area contributed by atoms with Gasteiger partial charge in [0, 0.05) is 11.1 Å². The van der Waals surface area contributed by atoms with Crippen molar-refractivity contribution in [3.63, 3.8) is 0 Å². The zero-order valence-corrected chi connectivity index (χ0v) is 18.8. The minimum absolute atomic E-state index is 0.0235. The summed E-state index contributed by atoms with van der Waals surface area (Å²) in [7, 11) is -6.55. The number of hydrogen-bond acceptors (Lipinski definition) is 4. The molecule has 0 spiro atoms. The van der Waals surface area contributed by atoms with Crippen molar-refractivity contribution < 1.29 is 48.7 Å². The minimum Gasteiger partial charge on any atom is -0.483 e. The van der Waals surface area contributed by atoms with Gasteiger partial charge in [-0.3, -0.25) is 4.79 Å². The lowest BCUT2D eigenvalue weighted by molar-refractivity contribution is -0.332. The minimum atomic E-state index is -6.86. The molecule has 5 nitrogen and oxygen atoms in total. The van der Waals surface area contributed by atoms with Crippen LogP contribution in [0.1, 0.15) is 35.3 Å². The zero-order chi connectivity index (χ0) is 26.2. The quantitative estimate of drug-likeness (QED) is 0.503. The van der Waals surface area contributed by atoms with Gasteiger partial charge in [0.25, 0.3) is 5.91 Å². The number of benzene rings is 2. The van der Waals surface area contributed by atoms with Crippen LogP contribution in [-0.2, 0) is 16.4 Å². The number of carbonyl (C=O) groups excluding carboxylic acids is 1. The summed E-state index contributed by atoms with van der Waals surface area (Å²) in [4.78, 5) is 12.7. The number of ether oxygens (including phenoxy) is 1. The number of amides is 1. The highest BCUT2D eigenvalue weighted by atomic mass is 32.2. The fourth-order valence-corrected chi connectivity index (χ4v) is 5.11. The van der Waals surface area contributed by atoms with Gasteiger partial charge < -0.3 is 9.64 Å². The molecule has 1 amide bonds. The van der Waals surface area contributed by atoms with Crippen LogP contribution in [0.25, 0.3) is 5.70 Å². The average molecular weight is 523 g/mol. The Bertz CT molecular complexity index is 1360. The van der Waals surface area contributed by atoms with E-state index in [0.29, 0.717) is 23.3 Å². The first-order chi connectivity index (χ1) is 15.9. The standard InChI is InChI=1S/C22H16F7NO4S/c1-19(2)10-16(30-11-12-5-3-4-6-14(12)18(30)31)15-9-13(7-8-17(15)34-19)35(32,33)22(28,29)20(23,24)21(25,26)27/h3-10H,11H2,1-2H3. The lowest BCUT2D eigenvalue weighted by atomic mass is 9.98. The summed E-state index contributed by atoms with van der Waals surface area (Å²) in [5.74, 6) is -7.45. The molecule has 2 aliphatic rings. The molecule has 188 valence electrons. The number of hydrogen-bond donors (Lipinski definition) is 0. The molecule has 2 aromatic carbocycles. The van der Waals surface area contributed by atoms with E-state index >= 15 is 0 Å². The highest BCUT2D eigenvalue weighted by Crippen LogP contribution is 2.51. The molecule has 0 saturated heterocycles. The van der Waals surface area contributed by atoms with E-state index in [0.717, 1.165) is 6.07 Å². The second-order valence-electron chi connectivity index (χ2n) is 8.53. The monoisotopic (exact) mass is 523 g/mol. The fourth-order valence-electron chi connectivity index (χ4n) is 3.84. The van der Waals surface area contributed by atoms with Gasteiger partial charge in [0.2, 0.25) is 9.84 Å². The summed E-state index contributed by atoms with van der Waals surface area (Å²) in [6.45, 7) is 3.20. The van der Waals surface area contributed by atoms with Crippen LogP contribution < -0.4 is 4.74 Å². The van der Waals surface area contributed by atoms with Crippen LogP contribution in [0.5, 0.6) is 5.75 Å². The third-order valence-electron chi connectivity index (χ3n) is 5.57.